The zero-order chi connectivity index (χ0) is 11.3. The summed E-state index contributed by atoms with van der Waals surface area (Å²) in [5.41, 5.74) is 10.7. The number of primary amides is 1. The van der Waals surface area contributed by atoms with E-state index >= 15 is 0 Å². The van der Waals surface area contributed by atoms with Crippen molar-refractivity contribution in [1.29, 1.82) is 0 Å². The number of rotatable bonds is 4. The number of carbonyl (C=O) groups is 1. The fourth-order valence-electron chi connectivity index (χ4n) is 1.27. The van der Waals surface area contributed by atoms with Gasteiger partial charge in [0.25, 0.3) is 0 Å². The van der Waals surface area contributed by atoms with E-state index in [1.54, 1.807) is 12.1 Å². The number of halogens is 1. The van der Waals surface area contributed by atoms with Gasteiger partial charge in [-0.1, -0.05) is 12.1 Å². The Hall–Kier alpha value is -1.62. The lowest BCUT2D eigenvalue weighted by atomic mass is 10.2. The van der Waals surface area contributed by atoms with E-state index in [1.165, 1.54) is 17.0 Å². The van der Waals surface area contributed by atoms with Crippen LogP contribution in [0.4, 0.5) is 14.9 Å². The van der Waals surface area contributed by atoms with Gasteiger partial charge in [0.05, 0.1) is 5.69 Å². The predicted molar refractivity (Wildman–Crippen MR) is 57.0 cm³/mol. The number of hydrogen-bond donors (Lipinski definition) is 2. The Morgan fingerprint density at radius 2 is 2.07 bits per heavy atom. The lowest BCUT2D eigenvalue weighted by Crippen LogP contribution is -2.37. The largest absolute Gasteiger partial charge is 0.351 e. The third-order valence-electron chi connectivity index (χ3n) is 2.00. The molecule has 0 heterocycles. The monoisotopic (exact) mass is 211 g/mol. The van der Waals surface area contributed by atoms with Crippen molar-refractivity contribution >= 4 is 11.7 Å². The first-order valence-electron chi connectivity index (χ1n) is 4.68. The minimum absolute atomic E-state index is 0.193. The van der Waals surface area contributed by atoms with Gasteiger partial charge >= 0.3 is 6.03 Å². The van der Waals surface area contributed by atoms with Gasteiger partial charge in [-0.25, -0.2) is 9.18 Å². The van der Waals surface area contributed by atoms with Crippen LogP contribution in [0.25, 0.3) is 0 Å². The number of anilines is 1. The van der Waals surface area contributed by atoms with E-state index < -0.39 is 11.8 Å². The predicted octanol–water partition coefficient (Wildman–Crippen LogP) is 1.06. The highest BCUT2D eigenvalue weighted by molar-refractivity contribution is 5.90. The molecule has 5 heteroatoms. The first kappa shape index (κ1) is 11.5. The first-order valence-corrected chi connectivity index (χ1v) is 4.68. The molecule has 4 N–H and O–H groups in total. The minimum atomic E-state index is -0.673. The van der Waals surface area contributed by atoms with E-state index in [0.717, 1.165) is 0 Å². The molecule has 2 amide bonds. The number of carbonyl (C=O) groups excluding carboxylic acids is 1. The van der Waals surface area contributed by atoms with Gasteiger partial charge in [0.2, 0.25) is 0 Å². The number of urea groups is 1. The highest BCUT2D eigenvalue weighted by Gasteiger charge is 2.14. The van der Waals surface area contributed by atoms with Crippen LogP contribution in [0.15, 0.2) is 24.3 Å². The standard InChI is InChI=1S/C10H14FN3O/c11-8-4-1-2-5-9(8)14(10(13)15)7-3-6-12/h1-2,4-5H,3,6-7,12H2,(H2,13,15). The summed E-state index contributed by atoms with van der Waals surface area (Å²) in [6, 6.07) is 5.33. The van der Waals surface area contributed by atoms with Gasteiger partial charge in [0.1, 0.15) is 5.82 Å². The molecule has 0 bridgehead atoms. The first-order chi connectivity index (χ1) is 7.16. The average molecular weight is 211 g/mol. The summed E-state index contributed by atoms with van der Waals surface area (Å²) < 4.78 is 13.3. The number of amides is 2. The topological polar surface area (TPSA) is 72.3 Å². The van der Waals surface area contributed by atoms with Gasteiger partial charge in [-0.05, 0) is 25.1 Å². The maximum Gasteiger partial charge on any atom is 0.319 e. The molecule has 0 atom stereocenters. The van der Waals surface area contributed by atoms with Crippen LogP contribution in [0, 0.1) is 5.82 Å². The molecule has 15 heavy (non-hydrogen) atoms. The van der Waals surface area contributed by atoms with Crippen LogP contribution in [0.1, 0.15) is 6.42 Å². The van der Waals surface area contributed by atoms with Crippen LogP contribution in [-0.4, -0.2) is 19.1 Å². The number of nitrogens with zero attached hydrogens (tertiary/aromatic N) is 1. The van der Waals surface area contributed by atoms with E-state index in [4.69, 9.17) is 11.5 Å². The van der Waals surface area contributed by atoms with Crippen molar-refractivity contribution in [2.45, 2.75) is 6.42 Å². The average Bonchev–Trinajstić information content (AvgIpc) is 2.20. The van der Waals surface area contributed by atoms with Crippen LogP contribution in [0.3, 0.4) is 0 Å². The van der Waals surface area contributed by atoms with Gasteiger partial charge in [-0.15, -0.1) is 0 Å². The second-order valence-corrected chi connectivity index (χ2v) is 3.08. The Balaban J connectivity index is 2.89. The number of hydrogen-bond acceptors (Lipinski definition) is 2. The molecule has 0 radical (unpaired) electrons. The van der Waals surface area contributed by atoms with Crippen molar-refractivity contribution in [3.63, 3.8) is 0 Å². The molecule has 0 fully saturated rings. The highest BCUT2D eigenvalue weighted by Crippen LogP contribution is 2.18. The van der Waals surface area contributed by atoms with Crippen LogP contribution in [0.5, 0.6) is 0 Å². The van der Waals surface area contributed by atoms with Crippen molar-refractivity contribution in [1.82, 2.24) is 0 Å². The smallest absolute Gasteiger partial charge is 0.319 e. The molecule has 0 aliphatic rings. The molecule has 0 aromatic heterocycles. The van der Waals surface area contributed by atoms with Crippen molar-refractivity contribution in [2.24, 2.45) is 11.5 Å². The number of para-hydroxylation sites is 1. The zero-order valence-electron chi connectivity index (χ0n) is 8.32. The molecule has 82 valence electrons. The second-order valence-electron chi connectivity index (χ2n) is 3.08. The SMILES string of the molecule is NCCCN(C(N)=O)c1ccccc1F. The summed E-state index contributed by atoms with van der Waals surface area (Å²) >= 11 is 0. The third-order valence-corrected chi connectivity index (χ3v) is 2.00. The second kappa shape index (κ2) is 5.31. The summed E-state index contributed by atoms with van der Waals surface area (Å²) in [5, 5.41) is 0. The third kappa shape index (κ3) is 2.92. The van der Waals surface area contributed by atoms with Gasteiger partial charge in [0.15, 0.2) is 0 Å². The summed E-state index contributed by atoms with van der Waals surface area (Å²) in [5.74, 6) is -0.465. The van der Waals surface area contributed by atoms with Gasteiger partial charge < -0.3 is 11.5 Å². The van der Waals surface area contributed by atoms with Crippen LogP contribution < -0.4 is 16.4 Å². The molecule has 0 saturated carbocycles. The Kier molecular flexibility index (Phi) is 4.05. The fourth-order valence-corrected chi connectivity index (χ4v) is 1.27. The summed E-state index contributed by atoms with van der Waals surface area (Å²) in [4.78, 5) is 12.3. The van der Waals surface area contributed by atoms with Crippen molar-refractivity contribution in [3.05, 3.63) is 30.1 Å². The molecule has 1 rings (SSSR count). The van der Waals surface area contributed by atoms with Gasteiger partial charge in [-0.3, -0.25) is 4.90 Å². The Morgan fingerprint density at radius 3 is 2.60 bits per heavy atom. The molecule has 0 spiro atoms. The Morgan fingerprint density at radius 1 is 1.40 bits per heavy atom. The summed E-state index contributed by atoms with van der Waals surface area (Å²) in [6.45, 7) is 0.755. The molecule has 0 unspecified atom stereocenters. The van der Waals surface area contributed by atoms with Crippen LogP contribution >= 0.6 is 0 Å². The highest BCUT2D eigenvalue weighted by atomic mass is 19.1. The normalized spacial score (nSPS) is 10.0. The minimum Gasteiger partial charge on any atom is -0.351 e. The molecule has 0 saturated heterocycles. The Labute approximate surface area is 87.7 Å². The maximum atomic E-state index is 13.3. The quantitative estimate of drug-likeness (QED) is 0.781. The lowest BCUT2D eigenvalue weighted by molar-refractivity contribution is 0.253. The molecule has 0 aliphatic heterocycles. The van der Waals surface area contributed by atoms with Crippen LogP contribution in [-0.2, 0) is 0 Å². The van der Waals surface area contributed by atoms with E-state index in [-0.39, 0.29) is 5.69 Å². The van der Waals surface area contributed by atoms with Gasteiger partial charge in [0, 0.05) is 6.54 Å². The van der Waals surface area contributed by atoms with Gasteiger partial charge in [-0.2, -0.15) is 0 Å². The molecule has 4 nitrogen and oxygen atoms in total. The lowest BCUT2D eigenvalue weighted by Gasteiger charge is -2.20. The van der Waals surface area contributed by atoms with Crippen LogP contribution in [0.2, 0.25) is 0 Å². The van der Waals surface area contributed by atoms with E-state index in [2.05, 4.69) is 0 Å². The zero-order valence-corrected chi connectivity index (χ0v) is 8.32. The molecular formula is C10H14FN3O. The van der Waals surface area contributed by atoms with E-state index in [0.29, 0.717) is 19.5 Å². The molecular weight excluding hydrogens is 197 g/mol. The summed E-state index contributed by atoms with van der Waals surface area (Å²) in [6.07, 6.45) is 0.581. The van der Waals surface area contributed by atoms with E-state index in [1.807, 2.05) is 0 Å². The molecule has 0 aliphatic carbocycles. The summed E-state index contributed by atoms with van der Waals surface area (Å²) in [7, 11) is 0. The van der Waals surface area contributed by atoms with Crippen molar-refractivity contribution < 1.29 is 9.18 Å². The van der Waals surface area contributed by atoms with Crippen molar-refractivity contribution in [3.8, 4) is 0 Å². The molecule has 1 aromatic carbocycles. The number of benzene rings is 1. The fraction of sp³-hybridized carbons (Fsp3) is 0.300. The Bertz CT molecular complexity index is 343. The molecule has 1 aromatic rings. The van der Waals surface area contributed by atoms with Crippen molar-refractivity contribution in [2.75, 3.05) is 18.0 Å². The maximum absolute atomic E-state index is 13.3. The number of nitrogens with two attached hydrogens (primary N) is 2. The van der Waals surface area contributed by atoms with E-state index in [9.17, 15) is 9.18 Å².